The molecular weight excluding hydrogens is 517 g/mol. The molecule has 0 saturated carbocycles. The summed E-state index contributed by atoms with van der Waals surface area (Å²) in [6, 6.07) is 8.67. The van der Waals surface area contributed by atoms with Gasteiger partial charge in [0.15, 0.2) is 11.5 Å². The van der Waals surface area contributed by atoms with Gasteiger partial charge in [-0.05, 0) is 23.3 Å². The van der Waals surface area contributed by atoms with Crippen LogP contribution in [0.25, 0.3) is 10.9 Å². The molecule has 1 aliphatic rings. The number of methoxy groups -OCH3 is 1. The Morgan fingerprint density at radius 3 is 2.33 bits per heavy atom. The summed E-state index contributed by atoms with van der Waals surface area (Å²) in [5.41, 5.74) is 0.612. The van der Waals surface area contributed by atoms with Crippen molar-refractivity contribution in [2.45, 2.75) is 12.8 Å². The van der Waals surface area contributed by atoms with Gasteiger partial charge in [-0.2, -0.15) is 0 Å². The van der Waals surface area contributed by atoms with E-state index in [9.17, 15) is 18.0 Å². The maximum atomic E-state index is 14.9. The summed E-state index contributed by atoms with van der Waals surface area (Å²) in [7, 11) is 1.57. The second-order valence-corrected chi connectivity index (χ2v) is 8.63. The van der Waals surface area contributed by atoms with Gasteiger partial charge in [0.2, 0.25) is 11.6 Å². The van der Waals surface area contributed by atoms with Crippen LogP contribution in [0.2, 0.25) is 0 Å². The molecule has 0 atom stereocenters. The maximum Gasteiger partial charge on any atom is 0.234 e. The number of ether oxygens (including phenoxy) is 5. The van der Waals surface area contributed by atoms with Gasteiger partial charge in [-0.15, -0.1) is 0 Å². The van der Waals surface area contributed by atoms with Crippen LogP contribution in [-0.4, -0.2) is 49.3 Å². The quantitative estimate of drug-likeness (QED) is 0.260. The van der Waals surface area contributed by atoms with Crippen LogP contribution < -0.4 is 18.9 Å². The van der Waals surface area contributed by atoms with Crippen molar-refractivity contribution in [3.8, 4) is 28.9 Å². The standard InChI is InChI=1S/C28H23F3N2O6/c1-35-6-7-36-24-14-23-25(27-26(24)37-8-9-38-27)28(33-15-32-23)39-20-5-3-17(22(31)13-20)11-19(34)10-16-2-4-18(29)12-21(16)30/h2-5,12-15H,6-11H2,1H3. The summed E-state index contributed by atoms with van der Waals surface area (Å²) in [6.45, 7) is 1.28. The summed E-state index contributed by atoms with van der Waals surface area (Å²) in [6.07, 6.45) is 0.732. The first-order valence-corrected chi connectivity index (χ1v) is 12.0. The van der Waals surface area contributed by atoms with Gasteiger partial charge in [-0.1, -0.05) is 12.1 Å². The normalized spacial score (nSPS) is 12.4. The fraction of sp³-hybridized carbons (Fsp3) is 0.250. The molecule has 0 aliphatic carbocycles. The Hall–Kier alpha value is -4.38. The van der Waals surface area contributed by atoms with Crippen molar-refractivity contribution in [3.63, 3.8) is 0 Å². The van der Waals surface area contributed by atoms with Crippen LogP contribution in [0.1, 0.15) is 11.1 Å². The monoisotopic (exact) mass is 540 g/mol. The van der Waals surface area contributed by atoms with Gasteiger partial charge in [-0.25, -0.2) is 23.1 Å². The van der Waals surface area contributed by atoms with Crippen molar-refractivity contribution in [3.05, 3.63) is 77.4 Å². The van der Waals surface area contributed by atoms with E-state index in [1.807, 2.05) is 0 Å². The fourth-order valence-corrected chi connectivity index (χ4v) is 4.10. The molecule has 3 aromatic carbocycles. The molecule has 202 valence electrons. The average molecular weight is 540 g/mol. The number of carbonyl (C=O) groups excluding carboxylic acids is 1. The first kappa shape index (κ1) is 26.2. The van der Waals surface area contributed by atoms with Gasteiger partial charge in [0.05, 0.1) is 12.1 Å². The number of ketones is 1. The molecule has 5 rings (SSSR count). The Morgan fingerprint density at radius 1 is 0.897 bits per heavy atom. The molecule has 0 bridgehead atoms. The van der Waals surface area contributed by atoms with Crippen molar-refractivity contribution in [1.82, 2.24) is 9.97 Å². The highest BCUT2D eigenvalue weighted by molar-refractivity contribution is 5.94. The Balaban J connectivity index is 1.37. The third-order valence-electron chi connectivity index (χ3n) is 5.92. The summed E-state index contributed by atoms with van der Waals surface area (Å²) in [4.78, 5) is 20.9. The molecule has 0 radical (unpaired) electrons. The van der Waals surface area contributed by atoms with Crippen LogP contribution in [0.4, 0.5) is 13.2 Å². The fourth-order valence-electron chi connectivity index (χ4n) is 4.10. The van der Waals surface area contributed by atoms with Crippen LogP contribution in [0.15, 0.2) is 48.8 Å². The molecule has 0 saturated heterocycles. The molecule has 0 fully saturated rings. The Kier molecular flexibility index (Phi) is 7.78. The number of rotatable bonds is 10. The molecule has 39 heavy (non-hydrogen) atoms. The van der Waals surface area contributed by atoms with Crippen molar-refractivity contribution < 1.29 is 41.7 Å². The molecule has 4 aromatic rings. The largest absolute Gasteiger partial charge is 0.487 e. The Labute approximate surface area is 221 Å². The predicted molar refractivity (Wildman–Crippen MR) is 133 cm³/mol. The number of Topliss-reactive ketones (excluding diaryl/α,β-unsaturated/α-hetero) is 1. The zero-order chi connectivity index (χ0) is 27.4. The van der Waals surface area contributed by atoms with E-state index in [-0.39, 0.29) is 42.2 Å². The molecule has 2 heterocycles. The third kappa shape index (κ3) is 5.88. The van der Waals surface area contributed by atoms with Crippen molar-refractivity contribution >= 4 is 16.7 Å². The number of benzene rings is 3. The Morgan fingerprint density at radius 2 is 1.62 bits per heavy atom. The third-order valence-corrected chi connectivity index (χ3v) is 5.92. The Bertz CT molecular complexity index is 1530. The van der Waals surface area contributed by atoms with Gasteiger partial charge in [0.1, 0.15) is 60.5 Å². The van der Waals surface area contributed by atoms with Crippen LogP contribution in [0.3, 0.4) is 0 Å². The van der Waals surface area contributed by atoms with Gasteiger partial charge in [0, 0.05) is 38.2 Å². The van der Waals surface area contributed by atoms with E-state index in [1.165, 1.54) is 24.5 Å². The average Bonchev–Trinajstić information content (AvgIpc) is 2.92. The van der Waals surface area contributed by atoms with E-state index in [0.717, 1.165) is 12.1 Å². The van der Waals surface area contributed by atoms with E-state index < -0.39 is 23.2 Å². The van der Waals surface area contributed by atoms with Crippen molar-refractivity contribution in [2.75, 3.05) is 33.5 Å². The van der Waals surface area contributed by atoms with Crippen molar-refractivity contribution in [2.24, 2.45) is 0 Å². The second kappa shape index (κ2) is 11.6. The molecule has 1 aromatic heterocycles. The number of aromatic nitrogens is 2. The first-order chi connectivity index (χ1) is 18.9. The number of carbonyl (C=O) groups is 1. The molecule has 8 nitrogen and oxygen atoms in total. The molecule has 1 aliphatic heterocycles. The van der Waals surface area contributed by atoms with E-state index in [0.29, 0.717) is 54.0 Å². The molecular formula is C28H23F3N2O6. The number of hydrogen-bond donors (Lipinski definition) is 0. The lowest BCUT2D eigenvalue weighted by atomic mass is 10.0. The van der Waals surface area contributed by atoms with Crippen LogP contribution in [0.5, 0.6) is 28.9 Å². The van der Waals surface area contributed by atoms with Gasteiger partial charge in [0.25, 0.3) is 0 Å². The SMILES string of the molecule is COCCOc1cc2ncnc(Oc3ccc(CC(=O)Cc4ccc(F)cc4F)c(F)c3)c2c2c1OCCO2. The summed E-state index contributed by atoms with van der Waals surface area (Å²) in [5, 5.41) is 0.423. The number of hydrogen-bond acceptors (Lipinski definition) is 8. The summed E-state index contributed by atoms with van der Waals surface area (Å²) >= 11 is 0. The first-order valence-electron chi connectivity index (χ1n) is 12.0. The minimum absolute atomic E-state index is 0.0409. The van der Waals surface area contributed by atoms with E-state index >= 15 is 0 Å². The summed E-state index contributed by atoms with van der Waals surface area (Å²) < 4.78 is 70.3. The lowest BCUT2D eigenvalue weighted by Gasteiger charge is -2.23. The molecule has 0 spiro atoms. The second-order valence-electron chi connectivity index (χ2n) is 8.63. The van der Waals surface area contributed by atoms with Gasteiger partial charge in [-0.3, -0.25) is 4.79 Å². The maximum absolute atomic E-state index is 14.9. The van der Waals surface area contributed by atoms with E-state index in [2.05, 4.69) is 9.97 Å². The predicted octanol–water partition coefficient (Wildman–Crippen LogP) is 4.99. The van der Waals surface area contributed by atoms with E-state index in [1.54, 1.807) is 13.2 Å². The minimum atomic E-state index is -0.824. The lowest BCUT2D eigenvalue weighted by molar-refractivity contribution is -0.117. The van der Waals surface area contributed by atoms with Gasteiger partial charge < -0.3 is 23.7 Å². The highest BCUT2D eigenvalue weighted by atomic mass is 19.1. The molecule has 11 heteroatoms. The zero-order valence-electron chi connectivity index (χ0n) is 20.8. The highest BCUT2D eigenvalue weighted by Crippen LogP contribution is 2.47. The van der Waals surface area contributed by atoms with Crippen LogP contribution in [-0.2, 0) is 22.4 Å². The molecule has 0 amide bonds. The number of halogens is 3. The van der Waals surface area contributed by atoms with E-state index in [4.69, 9.17) is 23.7 Å². The smallest absolute Gasteiger partial charge is 0.234 e. The van der Waals surface area contributed by atoms with Crippen molar-refractivity contribution in [1.29, 1.82) is 0 Å². The number of fused-ring (bicyclic) bond motifs is 3. The number of nitrogens with zero attached hydrogens (tertiary/aromatic N) is 2. The molecule has 0 N–H and O–H groups in total. The highest BCUT2D eigenvalue weighted by Gasteiger charge is 2.25. The summed E-state index contributed by atoms with van der Waals surface area (Å²) in [5.74, 6) is -1.29. The zero-order valence-corrected chi connectivity index (χ0v) is 20.8. The topological polar surface area (TPSA) is 89.0 Å². The van der Waals surface area contributed by atoms with Gasteiger partial charge >= 0.3 is 0 Å². The minimum Gasteiger partial charge on any atom is -0.487 e. The molecule has 0 unspecified atom stereocenters. The lowest BCUT2D eigenvalue weighted by Crippen LogP contribution is -2.17. The van der Waals surface area contributed by atoms with Crippen LogP contribution >= 0.6 is 0 Å². The van der Waals surface area contributed by atoms with Crippen LogP contribution in [0, 0.1) is 17.5 Å².